The molecule has 2 heterocycles. The van der Waals surface area contributed by atoms with E-state index in [0.29, 0.717) is 55.4 Å². The van der Waals surface area contributed by atoms with Crippen molar-refractivity contribution in [1.82, 2.24) is 4.98 Å². The fourth-order valence-corrected chi connectivity index (χ4v) is 5.83. The van der Waals surface area contributed by atoms with Gasteiger partial charge < -0.3 is 19.0 Å². The van der Waals surface area contributed by atoms with E-state index in [2.05, 4.69) is 0 Å². The molecule has 1 aromatic heterocycles. The van der Waals surface area contributed by atoms with Gasteiger partial charge in [-0.25, -0.2) is 18.5 Å². The third-order valence-electron chi connectivity index (χ3n) is 7.07. The predicted molar refractivity (Wildman–Crippen MR) is 152 cm³/mol. The number of hydrogen-bond donors (Lipinski definition) is 2. The highest BCUT2D eigenvalue weighted by atomic mass is 32.2. The van der Waals surface area contributed by atoms with Gasteiger partial charge in [0.2, 0.25) is 10.0 Å². The molecule has 9 heteroatoms. The van der Waals surface area contributed by atoms with Gasteiger partial charge in [-0.05, 0) is 49.2 Å². The highest BCUT2D eigenvalue weighted by molar-refractivity contribution is 7.89. The Morgan fingerprint density at radius 1 is 0.975 bits per heavy atom. The molecule has 1 aliphatic heterocycles. The molecule has 0 bridgehead atoms. The van der Waals surface area contributed by atoms with E-state index in [1.54, 1.807) is 12.1 Å². The highest BCUT2D eigenvalue weighted by Gasteiger charge is 2.38. The Kier molecular flexibility index (Phi) is 8.21. The Labute approximate surface area is 234 Å². The zero-order chi connectivity index (χ0) is 28.3. The number of aliphatic hydroxyl groups is 1. The van der Waals surface area contributed by atoms with E-state index in [1.165, 1.54) is 12.1 Å². The lowest BCUT2D eigenvalue weighted by Crippen LogP contribution is -2.41. The first-order valence-corrected chi connectivity index (χ1v) is 14.9. The van der Waals surface area contributed by atoms with Crippen LogP contribution in [0.3, 0.4) is 0 Å². The van der Waals surface area contributed by atoms with Crippen LogP contribution in [-0.4, -0.2) is 37.3 Å². The van der Waals surface area contributed by atoms with E-state index in [4.69, 9.17) is 24.0 Å². The number of aromatic nitrogens is 1. The van der Waals surface area contributed by atoms with Crippen molar-refractivity contribution >= 4 is 10.0 Å². The van der Waals surface area contributed by atoms with Crippen LogP contribution in [0, 0.1) is 0 Å². The molecule has 0 spiro atoms. The van der Waals surface area contributed by atoms with Gasteiger partial charge in [0.15, 0.2) is 11.7 Å². The fraction of sp³-hybridized carbons (Fsp3) is 0.323. The highest BCUT2D eigenvalue weighted by Crippen LogP contribution is 2.38. The maximum Gasteiger partial charge on any atom is 0.238 e. The van der Waals surface area contributed by atoms with Crippen molar-refractivity contribution in [2.75, 3.05) is 6.61 Å². The molecule has 1 aliphatic rings. The Hall–Kier alpha value is -3.34. The number of oxazole rings is 1. The zero-order valence-electron chi connectivity index (χ0n) is 22.6. The SMILES string of the molecule is CC1CC(O)(c2cccc(COCCc3nc(-c4ccccc4)c(-c4ccc(S(N)(=O)=O)cc4)o3)c2)CC(C)O1. The van der Waals surface area contributed by atoms with Crippen molar-refractivity contribution in [2.24, 2.45) is 5.14 Å². The Bertz CT molecular complexity index is 1540. The Balaban J connectivity index is 1.28. The maximum absolute atomic E-state index is 11.7. The molecule has 1 saturated heterocycles. The summed E-state index contributed by atoms with van der Waals surface area (Å²) < 4.78 is 41.3. The third kappa shape index (κ3) is 6.51. The number of primary sulfonamides is 1. The Morgan fingerprint density at radius 2 is 1.68 bits per heavy atom. The molecule has 4 aromatic rings. The van der Waals surface area contributed by atoms with Gasteiger partial charge in [0.25, 0.3) is 0 Å². The van der Waals surface area contributed by atoms with Gasteiger partial charge >= 0.3 is 0 Å². The van der Waals surface area contributed by atoms with Crippen LogP contribution in [0.1, 0.15) is 43.7 Å². The van der Waals surface area contributed by atoms with Crippen molar-refractivity contribution in [3.63, 3.8) is 0 Å². The molecular weight excluding hydrogens is 528 g/mol. The van der Waals surface area contributed by atoms with E-state index >= 15 is 0 Å². The number of sulfonamides is 1. The normalized spacial score (nSPS) is 21.4. The van der Waals surface area contributed by atoms with Crippen molar-refractivity contribution in [1.29, 1.82) is 0 Å². The molecule has 0 aliphatic carbocycles. The van der Waals surface area contributed by atoms with Crippen LogP contribution in [0.25, 0.3) is 22.6 Å². The van der Waals surface area contributed by atoms with Crippen molar-refractivity contribution in [3.05, 3.63) is 95.9 Å². The molecule has 1 fully saturated rings. The lowest BCUT2D eigenvalue weighted by Gasteiger charge is -2.39. The molecule has 2 unspecified atom stereocenters. The molecule has 0 amide bonds. The van der Waals surface area contributed by atoms with E-state index in [1.807, 2.05) is 68.4 Å². The van der Waals surface area contributed by atoms with Crippen LogP contribution in [0.5, 0.6) is 0 Å². The summed E-state index contributed by atoms with van der Waals surface area (Å²) in [6, 6.07) is 23.8. The summed E-state index contributed by atoms with van der Waals surface area (Å²) in [4.78, 5) is 4.77. The van der Waals surface area contributed by atoms with Gasteiger partial charge in [0.05, 0.1) is 35.9 Å². The molecule has 3 N–H and O–H groups in total. The van der Waals surface area contributed by atoms with Crippen LogP contribution in [0.15, 0.2) is 88.2 Å². The topological polar surface area (TPSA) is 125 Å². The first-order valence-electron chi connectivity index (χ1n) is 13.3. The van der Waals surface area contributed by atoms with E-state index in [-0.39, 0.29) is 17.1 Å². The van der Waals surface area contributed by atoms with Crippen LogP contribution >= 0.6 is 0 Å². The van der Waals surface area contributed by atoms with Gasteiger partial charge in [-0.3, -0.25) is 0 Å². The molecule has 40 heavy (non-hydrogen) atoms. The van der Waals surface area contributed by atoms with Crippen LogP contribution in [-0.2, 0) is 38.1 Å². The lowest BCUT2D eigenvalue weighted by molar-refractivity contribution is -0.135. The predicted octanol–water partition coefficient (Wildman–Crippen LogP) is 5.19. The molecular formula is C31H34N2O6S. The summed E-state index contributed by atoms with van der Waals surface area (Å²) in [6.45, 7) is 4.75. The fourth-order valence-electron chi connectivity index (χ4n) is 5.32. The molecule has 8 nitrogen and oxygen atoms in total. The number of ether oxygens (including phenoxy) is 2. The summed E-state index contributed by atoms with van der Waals surface area (Å²) in [5, 5.41) is 16.6. The Morgan fingerprint density at radius 3 is 2.35 bits per heavy atom. The molecule has 5 rings (SSSR count). The van der Waals surface area contributed by atoms with Crippen molar-refractivity contribution in [3.8, 4) is 22.6 Å². The number of rotatable bonds is 9. The number of hydrogen-bond acceptors (Lipinski definition) is 7. The van der Waals surface area contributed by atoms with E-state index in [0.717, 1.165) is 16.7 Å². The standard InChI is InChI=1S/C31H34N2O6S/c1-21-18-31(34,19-22(2)38-21)26-10-6-7-23(17-26)20-37-16-15-28-33-29(24-8-4-3-5-9-24)30(39-28)25-11-13-27(14-12-25)40(32,35)36/h3-14,17,21-22,34H,15-16,18-20H2,1-2H3,(H2,32,35,36). The summed E-state index contributed by atoms with van der Waals surface area (Å²) >= 11 is 0. The summed E-state index contributed by atoms with van der Waals surface area (Å²) in [7, 11) is -3.80. The molecule has 210 valence electrons. The molecule has 2 atom stereocenters. The smallest absolute Gasteiger partial charge is 0.238 e. The van der Waals surface area contributed by atoms with Gasteiger partial charge in [-0.1, -0.05) is 54.6 Å². The lowest BCUT2D eigenvalue weighted by atomic mass is 9.81. The summed E-state index contributed by atoms with van der Waals surface area (Å²) in [5.41, 5.74) is 3.19. The van der Waals surface area contributed by atoms with Gasteiger partial charge in [0.1, 0.15) is 5.69 Å². The van der Waals surface area contributed by atoms with E-state index < -0.39 is 15.6 Å². The van der Waals surface area contributed by atoms with Gasteiger partial charge in [-0.15, -0.1) is 0 Å². The molecule has 0 radical (unpaired) electrons. The van der Waals surface area contributed by atoms with Crippen LogP contribution < -0.4 is 5.14 Å². The van der Waals surface area contributed by atoms with Gasteiger partial charge in [-0.2, -0.15) is 0 Å². The number of benzene rings is 3. The first-order chi connectivity index (χ1) is 19.1. The van der Waals surface area contributed by atoms with Crippen molar-refractivity contribution < 1.29 is 27.4 Å². The van der Waals surface area contributed by atoms with Crippen LogP contribution in [0.4, 0.5) is 0 Å². The third-order valence-corrected chi connectivity index (χ3v) is 8.00. The van der Waals surface area contributed by atoms with Crippen molar-refractivity contribution in [2.45, 2.75) is 62.4 Å². The van der Waals surface area contributed by atoms with E-state index in [9.17, 15) is 13.5 Å². The monoisotopic (exact) mass is 562 g/mol. The minimum Gasteiger partial charge on any atom is -0.440 e. The first kappa shape index (κ1) is 28.2. The second kappa shape index (κ2) is 11.6. The number of nitrogens with zero attached hydrogens (tertiary/aromatic N) is 1. The summed E-state index contributed by atoms with van der Waals surface area (Å²) in [5.74, 6) is 1.06. The second-order valence-corrected chi connectivity index (χ2v) is 12.0. The quantitative estimate of drug-likeness (QED) is 0.269. The largest absolute Gasteiger partial charge is 0.440 e. The minimum absolute atomic E-state index is 0.00763. The zero-order valence-corrected chi connectivity index (χ0v) is 23.4. The maximum atomic E-state index is 11.7. The second-order valence-electron chi connectivity index (χ2n) is 10.4. The average Bonchev–Trinajstić information content (AvgIpc) is 3.35. The van der Waals surface area contributed by atoms with Crippen LogP contribution in [0.2, 0.25) is 0 Å². The average molecular weight is 563 g/mol. The minimum atomic E-state index is -3.80. The molecule has 0 saturated carbocycles. The summed E-state index contributed by atoms with van der Waals surface area (Å²) in [6.07, 6.45) is 1.55. The molecule has 3 aromatic carbocycles. The number of nitrogens with two attached hydrogens (primary N) is 1. The van der Waals surface area contributed by atoms with Gasteiger partial charge in [0, 0.05) is 30.4 Å².